The third-order valence-corrected chi connectivity index (χ3v) is 3.36. The van der Waals surface area contributed by atoms with E-state index in [0.717, 1.165) is 0 Å². The molecule has 1 fully saturated rings. The van der Waals surface area contributed by atoms with Gasteiger partial charge in [0.2, 0.25) is 0 Å². The van der Waals surface area contributed by atoms with Crippen molar-refractivity contribution in [2.75, 3.05) is 13.2 Å². The fourth-order valence-electron chi connectivity index (χ4n) is 2.34. The number of aliphatic hydroxyl groups is 1. The van der Waals surface area contributed by atoms with E-state index in [4.69, 9.17) is 9.47 Å². The van der Waals surface area contributed by atoms with Crippen molar-refractivity contribution >= 4 is 5.97 Å². The second kappa shape index (κ2) is 6.33. The summed E-state index contributed by atoms with van der Waals surface area (Å²) >= 11 is 0. The molecule has 0 bridgehead atoms. The molecule has 0 aromatic rings. The van der Waals surface area contributed by atoms with E-state index in [0.29, 0.717) is 38.9 Å². The Bertz CT molecular complexity index is 239. The highest BCUT2D eigenvalue weighted by Crippen LogP contribution is 2.41. The minimum atomic E-state index is -1.01. The second-order valence-corrected chi connectivity index (χ2v) is 4.44. The van der Waals surface area contributed by atoms with Crippen LogP contribution >= 0.6 is 0 Å². The lowest BCUT2D eigenvalue weighted by Gasteiger charge is -2.40. The van der Waals surface area contributed by atoms with Crippen molar-refractivity contribution in [2.45, 2.75) is 51.9 Å². The van der Waals surface area contributed by atoms with E-state index < -0.39 is 23.8 Å². The number of carboxylic acid groups (broad SMARTS) is 1. The fraction of sp³-hybridized carbons (Fsp3) is 0.917. The van der Waals surface area contributed by atoms with Gasteiger partial charge in [-0.2, -0.15) is 0 Å². The SMILES string of the molecule is CCOC(OCC)C1(C(=O)O)CCC(O)CC1. The highest BCUT2D eigenvalue weighted by molar-refractivity contribution is 5.75. The Hall–Kier alpha value is -0.650. The van der Waals surface area contributed by atoms with Crippen LogP contribution in [0.3, 0.4) is 0 Å². The van der Waals surface area contributed by atoms with Crippen molar-refractivity contribution in [3.63, 3.8) is 0 Å². The number of hydrogen-bond donors (Lipinski definition) is 2. The maximum atomic E-state index is 11.5. The van der Waals surface area contributed by atoms with Gasteiger partial charge in [0.25, 0.3) is 0 Å². The van der Waals surface area contributed by atoms with Crippen molar-refractivity contribution in [1.82, 2.24) is 0 Å². The van der Waals surface area contributed by atoms with Crippen LogP contribution in [0.25, 0.3) is 0 Å². The Labute approximate surface area is 102 Å². The predicted molar refractivity (Wildman–Crippen MR) is 61.6 cm³/mol. The van der Waals surface area contributed by atoms with Gasteiger partial charge in [-0.3, -0.25) is 4.79 Å². The number of aliphatic hydroxyl groups excluding tert-OH is 1. The van der Waals surface area contributed by atoms with Crippen LogP contribution < -0.4 is 0 Å². The van der Waals surface area contributed by atoms with Crippen LogP contribution in [0.4, 0.5) is 0 Å². The number of hydrogen-bond acceptors (Lipinski definition) is 4. The second-order valence-electron chi connectivity index (χ2n) is 4.44. The van der Waals surface area contributed by atoms with Gasteiger partial charge in [-0.25, -0.2) is 0 Å². The van der Waals surface area contributed by atoms with Gasteiger partial charge in [0.1, 0.15) is 5.41 Å². The zero-order valence-corrected chi connectivity index (χ0v) is 10.5. The Kier molecular flexibility index (Phi) is 5.36. The predicted octanol–water partition coefficient (Wildman–Crippen LogP) is 1.39. The van der Waals surface area contributed by atoms with E-state index in [1.807, 2.05) is 13.8 Å². The average Bonchev–Trinajstić information content (AvgIpc) is 2.30. The molecule has 1 aliphatic carbocycles. The molecule has 5 heteroatoms. The summed E-state index contributed by atoms with van der Waals surface area (Å²) in [5, 5.41) is 18.9. The van der Waals surface area contributed by atoms with Gasteiger partial charge in [-0.15, -0.1) is 0 Å². The largest absolute Gasteiger partial charge is 0.481 e. The third kappa shape index (κ3) is 3.18. The minimum absolute atomic E-state index is 0.397. The summed E-state index contributed by atoms with van der Waals surface area (Å²) in [7, 11) is 0. The Balaban J connectivity index is 2.84. The average molecular weight is 246 g/mol. The molecule has 0 aromatic carbocycles. The van der Waals surface area contributed by atoms with Gasteiger partial charge in [0, 0.05) is 13.2 Å². The van der Waals surface area contributed by atoms with E-state index in [9.17, 15) is 15.0 Å². The van der Waals surface area contributed by atoms with Crippen LogP contribution in [-0.2, 0) is 14.3 Å². The summed E-state index contributed by atoms with van der Waals surface area (Å²) < 4.78 is 10.9. The van der Waals surface area contributed by atoms with Crippen LogP contribution in [-0.4, -0.2) is 41.8 Å². The van der Waals surface area contributed by atoms with Crippen molar-refractivity contribution in [1.29, 1.82) is 0 Å². The smallest absolute Gasteiger partial charge is 0.314 e. The first-order valence-corrected chi connectivity index (χ1v) is 6.21. The zero-order chi connectivity index (χ0) is 12.9. The van der Waals surface area contributed by atoms with Crippen LogP contribution in [0, 0.1) is 5.41 Å². The molecule has 0 saturated heterocycles. The Morgan fingerprint density at radius 1 is 1.29 bits per heavy atom. The first-order valence-electron chi connectivity index (χ1n) is 6.21. The van der Waals surface area contributed by atoms with Crippen molar-refractivity contribution in [2.24, 2.45) is 5.41 Å². The third-order valence-electron chi connectivity index (χ3n) is 3.36. The molecule has 1 rings (SSSR count). The summed E-state index contributed by atoms with van der Waals surface area (Å²) in [4.78, 5) is 11.5. The van der Waals surface area contributed by atoms with E-state index in [2.05, 4.69) is 0 Å². The summed E-state index contributed by atoms with van der Waals surface area (Å²) in [5.74, 6) is -0.892. The number of carboxylic acids is 1. The van der Waals surface area contributed by atoms with Crippen LogP contribution in [0.15, 0.2) is 0 Å². The molecular weight excluding hydrogens is 224 g/mol. The summed E-state index contributed by atoms with van der Waals surface area (Å²) in [6, 6.07) is 0. The molecule has 0 amide bonds. The van der Waals surface area contributed by atoms with Crippen molar-refractivity contribution < 1.29 is 24.5 Å². The minimum Gasteiger partial charge on any atom is -0.481 e. The molecule has 0 atom stereocenters. The molecule has 0 radical (unpaired) electrons. The van der Waals surface area contributed by atoms with E-state index in [-0.39, 0.29) is 0 Å². The highest BCUT2D eigenvalue weighted by Gasteiger charge is 2.49. The van der Waals surface area contributed by atoms with E-state index >= 15 is 0 Å². The topological polar surface area (TPSA) is 76.0 Å². The summed E-state index contributed by atoms with van der Waals surface area (Å²) in [6.45, 7) is 4.48. The lowest BCUT2D eigenvalue weighted by Crippen LogP contribution is -2.48. The van der Waals surface area contributed by atoms with Gasteiger partial charge in [-0.1, -0.05) is 0 Å². The first-order chi connectivity index (χ1) is 8.06. The molecule has 2 N–H and O–H groups in total. The van der Waals surface area contributed by atoms with Crippen LogP contribution in [0.1, 0.15) is 39.5 Å². The van der Waals surface area contributed by atoms with Gasteiger partial charge in [-0.05, 0) is 39.5 Å². The van der Waals surface area contributed by atoms with Crippen LogP contribution in [0.2, 0.25) is 0 Å². The molecule has 0 unspecified atom stereocenters. The van der Waals surface area contributed by atoms with Crippen molar-refractivity contribution in [3.05, 3.63) is 0 Å². The fourth-order valence-corrected chi connectivity index (χ4v) is 2.34. The Morgan fingerprint density at radius 2 is 1.76 bits per heavy atom. The van der Waals surface area contributed by atoms with E-state index in [1.54, 1.807) is 0 Å². The first kappa shape index (κ1) is 14.4. The standard InChI is InChI=1S/C12H22O5/c1-3-16-11(17-4-2)12(10(14)15)7-5-9(13)6-8-12/h9,11,13H,3-8H2,1-2H3,(H,14,15). The van der Waals surface area contributed by atoms with Gasteiger partial charge in [0.15, 0.2) is 6.29 Å². The Morgan fingerprint density at radius 3 is 2.12 bits per heavy atom. The van der Waals surface area contributed by atoms with Gasteiger partial charge >= 0.3 is 5.97 Å². The molecule has 1 aliphatic rings. The monoisotopic (exact) mass is 246 g/mol. The molecule has 0 aromatic heterocycles. The summed E-state index contributed by atoms with van der Waals surface area (Å²) in [5.41, 5.74) is -1.01. The van der Waals surface area contributed by atoms with Gasteiger partial charge < -0.3 is 19.7 Å². The molecule has 5 nitrogen and oxygen atoms in total. The molecular formula is C12H22O5. The van der Waals surface area contributed by atoms with Crippen LogP contribution in [0.5, 0.6) is 0 Å². The highest BCUT2D eigenvalue weighted by atomic mass is 16.7. The number of rotatable bonds is 6. The molecule has 17 heavy (non-hydrogen) atoms. The normalized spacial score (nSPS) is 29.5. The lowest BCUT2D eigenvalue weighted by molar-refractivity contribution is -0.224. The number of ether oxygens (including phenoxy) is 2. The maximum Gasteiger partial charge on any atom is 0.314 e. The van der Waals surface area contributed by atoms with Gasteiger partial charge in [0.05, 0.1) is 6.10 Å². The molecule has 0 aliphatic heterocycles. The zero-order valence-electron chi connectivity index (χ0n) is 10.5. The lowest BCUT2D eigenvalue weighted by atomic mass is 9.72. The maximum absolute atomic E-state index is 11.5. The molecule has 100 valence electrons. The summed E-state index contributed by atoms with van der Waals surface area (Å²) in [6.07, 6.45) is 0.655. The number of aliphatic carboxylic acids is 1. The quantitative estimate of drug-likeness (QED) is 0.693. The number of carbonyl (C=O) groups is 1. The molecule has 0 spiro atoms. The molecule has 0 heterocycles. The van der Waals surface area contributed by atoms with E-state index in [1.165, 1.54) is 0 Å². The molecule has 1 saturated carbocycles. The van der Waals surface area contributed by atoms with Crippen molar-refractivity contribution in [3.8, 4) is 0 Å².